The van der Waals surface area contributed by atoms with Gasteiger partial charge in [0, 0.05) is 19.0 Å². The Labute approximate surface area is 92.7 Å². The topological polar surface area (TPSA) is 82.1 Å². The van der Waals surface area contributed by atoms with Crippen molar-refractivity contribution >= 4 is 5.91 Å². The summed E-state index contributed by atoms with van der Waals surface area (Å²) in [5.74, 6) is 1.34. The molecule has 86 valence electrons. The molecule has 0 aromatic carbocycles. The lowest BCUT2D eigenvalue weighted by molar-refractivity contribution is 0.0753. The predicted molar refractivity (Wildman–Crippen MR) is 54.9 cm³/mol. The molecule has 6 nitrogen and oxygen atoms in total. The molecule has 16 heavy (non-hydrogen) atoms. The molecule has 1 atom stereocenters. The molecule has 6 heteroatoms. The van der Waals surface area contributed by atoms with Gasteiger partial charge in [0.25, 0.3) is 5.91 Å². The first kappa shape index (κ1) is 9.77. The van der Waals surface area contributed by atoms with Crippen LogP contribution in [0.4, 0.5) is 0 Å². The summed E-state index contributed by atoms with van der Waals surface area (Å²) in [7, 11) is 0. The van der Waals surface area contributed by atoms with Crippen LogP contribution in [-0.4, -0.2) is 50.3 Å². The van der Waals surface area contributed by atoms with Crippen molar-refractivity contribution in [2.24, 2.45) is 0 Å². The van der Waals surface area contributed by atoms with Crippen molar-refractivity contribution in [2.75, 3.05) is 13.1 Å². The zero-order valence-electron chi connectivity index (χ0n) is 8.89. The van der Waals surface area contributed by atoms with E-state index in [2.05, 4.69) is 15.2 Å². The summed E-state index contributed by atoms with van der Waals surface area (Å²) in [5, 5.41) is 16.1. The summed E-state index contributed by atoms with van der Waals surface area (Å²) < 4.78 is 0. The number of hydrogen-bond donors (Lipinski definition) is 2. The van der Waals surface area contributed by atoms with Gasteiger partial charge in [-0.1, -0.05) is 0 Å². The largest absolute Gasteiger partial charge is 0.391 e. The van der Waals surface area contributed by atoms with Gasteiger partial charge in [0.15, 0.2) is 0 Å². The second-order valence-electron chi connectivity index (χ2n) is 4.51. The van der Waals surface area contributed by atoms with Gasteiger partial charge in [-0.25, -0.2) is 4.98 Å². The maximum atomic E-state index is 11.9. The zero-order valence-corrected chi connectivity index (χ0v) is 8.89. The first-order valence-electron chi connectivity index (χ1n) is 5.63. The molecule has 2 aliphatic rings. The zero-order chi connectivity index (χ0) is 11.1. The summed E-state index contributed by atoms with van der Waals surface area (Å²) in [4.78, 5) is 17.7. The van der Waals surface area contributed by atoms with Crippen LogP contribution in [0, 0.1) is 0 Å². The van der Waals surface area contributed by atoms with Crippen LogP contribution in [0.5, 0.6) is 0 Å². The summed E-state index contributed by atoms with van der Waals surface area (Å²) >= 11 is 0. The number of likely N-dealkylation sites (tertiary alicyclic amines) is 1. The second-order valence-corrected chi connectivity index (χ2v) is 4.51. The molecular formula is C10H14N4O2. The number of nitrogens with one attached hydrogen (secondary N) is 1. The van der Waals surface area contributed by atoms with Gasteiger partial charge < -0.3 is 10.0 Å². The van der Waals surface area contributed by atoms with Crippen molar-refractivity contribution in [1.29, 1.82) is 0 Å². The molecule has 1 aromatic rings. The summed E-state index contributed by atoms with van der Waals surface area (Å²) in [6.45, 7) is 0.986. The quantitative estimate of drug-likeness (QED) is 0.731. The number of nitrogens with zero attached hydrogens (tertiary/aromatic N) is 3. The highest BCUT2D eigenvalue weighted by atomic mass is 16.3. The Morgan fingerprint density at radius 1 is 1.44 bits per heavy atom. The molecule has 0 bridgehead atoms. The van der Waals surface area contributed by atoms with E-state index in [9.17, 15) is 9.90 Å². The molecule has 1 aliphatic carbocycles. The van der Waals surface area contributed by atoms with Gasteiger partial charge in [0.05, 0.1) is 6.10 Å². The van der Waals surface area contributed by atoms with Crippen LogP contribution in [0.3, 0.4) is 0 Å². The number of carbonyl (C=O) groups is 1. The third kappa shape index (κ3) is 1.69. The molecule has 2 heterocycles. The minimum Gasteiger partial charge on any atom is -0.391 e. The van der Waals surface area contributed by atoms with E-state index in [4.69, 9.17) is 0 Å². The van der Waals surface area contributed by atoms with Gasteiger partial charge in [-0.2, -0.15) is 0 Å². The van der Waals surface area contributed by atoms with E-state index in [-0.39, 0.29) is 11.7 Å². The van der Waals surface area contributed by atoms with Gasteiger partial charge in [-0.3, -0.25) is 9.89 Å². The van der Waals surface area contributed by atoms with E-state index < -0.39 is 6.10 Å². The minimum atomic E-state index is -0.397. The Morgan fingerprint density at radius 2 is 2.25 bits per heavy atom. The number of β-amino-alcohol motifs (C(OH)–C–C–N with tert-alkyl or cyclic N) is 1. The third-order valence-electron chi connectivity index (χ3n) is 3.11. The van der Waals surface area contributed by atoms with Crippen LogP contribution in [0.1, 0.15) is 41.6 Å². The van der Waals surface area contributed by atoms with E-state index in [1.54, 1.807) is 4.90 Å². The monoisotopic (exact) mass is 222 g/mol. The lowest BCUT2D eigenvalue weighted by Crippen LogP contribution is -2.30. The number of amides is 1. The summed E-state index contributed by atoms with van der Waals surface area (Å²) in [5.41, 5.74) is 0. The lowest BCUT2D eigenvalue weighted by atomic mass is 10.3. The molecule has 1 saturated carbocycles. The second kappa shape index (κ2) is 3.55. The van der Waals surface area contributed by atoms with Crippen LogP contribution >= 0.6 is 0 Å². The van der Waals surface area contributed by atoms with Gasteiger partial charge in [-0.05, 0) is 19.3 Å². The van der Waals surface area contributed by atoms with Crippen LogP contribution in [0.15, 0.2) is 0 Å². The molecule has 1 saturated heterocycles. The summed E-state index contributed by atoms with van der Waals surface area (Å²) in [6, 6.07) is 0. The van der Waals surface area contributed by atoms with Crippen molar-refractivity contribution in [3.05, 3.63) is 11.6 Å². The Hall–Kier alpha value is -1.43. The standard InChI is InChI=1S/C10H14N4O2/c15-7-3-4-14(5-7)10(16)9-11-8(12-13-9)6-1-2-6/h6-7,15H,1-5H2,(H,11,12,13). The third-order valence-corrected chi connectivity index (χ3v) is 3.11. The lowest BCUT2D eigenvalue weighted by Gasteiger charge is -2.12. The molecule has 2 N–H and O–H groups in total. The van der Waals surface area contributed by atoms with E-state index >= 15 is 0 Å². The highest BCUT2D eigenvalue weighted by Crippen LogP contribution is 2.37. The highest BCUT2D eigenvalue weighted by molar-refractivity contribution is 5.90. The predicted octanol–water partition coefficient (Wildman–Crippen LogP) is -0.111. The normalized spacial score (nSPS) is 25.1. The first-order chi connectivity index (χ1) is 7.74. The highest BCUT2D eigenvalue weighted by Gasteiger charge is 2.31. The van der Waals surface area contributed by atoms with Gasteiger partial charge in [0.1, 0.15) is 5.82 Å². The fourth-order valence-electron chi connectivity index (χ4n) is 1.98. The molecule has 3 rings (SSSR count). The van der Waals surface area contributed by atoms with Crippen molar-refractivity contribution in [3.63, 3.8) is 0 Å². The molecule has 1 aliphatic heterocycles. The van der Waals surface area contributed by atoms with Crippen molar-refractivity contribution in [1.82, 2.24) is 20.1 Å². The summed E-state index contributed by atoms with van der Waals surface area (Å²) in [6.07, 6.45) is 2.51. The molecule has 1 aromatic heterocycles. The number of H-pyrrole nitrogens is 1. The average Bonchev–Trinajstić information content (AvgIpc) is 2.86. The molecule has 0 spiro atoms. The first-order valence-corrected chi connectivity index (χ1v) is 5.63. The number of aromatic nitrogens is 3. The van der Waals surface area contributed by atoms with Crippen molar-refractivity contribution in [2.45, 2.75) is 31.3 Å². The van der Waals surface area contributed by atoms with E-state index in [0.29, 0.717) is 25.4 Å². The van der Waals surface area contributed by atoms with E-state index in [0.717, 1.165) is 18.7 Å². The maximum Gasteiger partial charge on any atom is 0.293 e. The number of aliphatic hydroxyl groups is 1. The van der Waals surface area contributed by atoms with Crippen LogP contribution in [-0.2, 0) is 0 Å². The molecular weight excluding hydrogens is 208 g/mol. The van der Waals surface area contributed by atoms with Crippen molar-refractivity contribution < 1.29 is 9.90 Å². The van der Waals surface area contributed by atoms with E-state index in [1.165, 1.54) is 0 Å². The fourth-order valence-corrected chi connectivity index (χ4v) is 1.98. The molecule has 2 fully saturated rings. The Bertz CT molecular complexity index is 413. The van der Waals surface area contributed by atoms with Gasteiger partial charge in [-0.15, -0.1) is 5.10 Å². The smallest absolute Gasteiger partial charge is 0.293 e. The van der Waals surface area contributed by atoms with Gasteiger partial charge in [0.2, 0.25) is 5.82 Å². The maximum absolute atomic E-state index is 11.9. The van der Waals surface area contributed by atoms with Crippen LogP contribution < -0.4 is 0 Å². The van der Waals surface area contributed by atoms with Crippen LogP contribution in [0.25, 0.3) is 0 Å². The number of carbonyl (C=O) groups excluding carboxylic acids is 1. The molecule has 0 radical (unpaired) electrons. The molecule has 1 amide bonds. The Balaban J connectivity index is 1.73. The number of aliphatic hydroxyl groups excluding tert-OH is 1. The Morgan fingerprint density at radius 3 is 2.88 bits per heavy atom. The average molecular weight is 222 g/mol. The minimum absolute atomic E-state index is 0.181. The Kier molecular flexibility index (Phi) is 2.17. The van der Waals surface area contributed by atoms with Crippen molar-refractivity contribution in [3.8, 4) is 0 Å². The van der Waals surface area contributed by atoms with E-state index in [1.807, 2.05) is 0 Å². The number of aromatic amines is 1. The fraction of sp³-hybridized carbons (Fsp3) is 0.700. The van der Waals surface area contributed by atoms with Crippen LogP contribution in [0.2, 0.25) is 0 Å². The van der Waals surface area contributed by atoms with Gasteiger partial charge >= 0.3 is 0 Å². The number of hydrogen-bond acceptors (Lipinski definition) is 4. The molecule has 1 unspecified atom stereocenters. The number of rotatable bonds is 2. The SMILES string of the molecule is O=C(c1n[nH]c(C2CC2)n1)N1CCC(O)C1.